The number of phenols is 1. The Morgan fingerprint density at radius 2 is 1.66 bits per heavy atom. The van der Waals surface area contributed by atoms with Crippen LogP contribution in [0.3, 0.4) is 0 Å². The molecule has 2 aliphatic heterocycles. The molecule has 0 bridgehead atoms. The van der Waals surface area contributed by atoms with Gasteiger partial charge in [-0.05, 0) is 57.4 Å². The maximum absolute atomic E-state index is 12.4. The van der Waals surface area contributed by atoms with Crippen molar-refractivity contribution in [2.75, 3.05) is 13.2 Å². The molecule has 0 radical (unpaired) electrons. The summed E-state index contributed by atoms with van der Waals surface area (Å²) in [7, 11) is 0. The Kier molecular flexibility index (Phi) is 13.5. The Morgan fingerprint density at radius 1 is 0.977 bits per heavy atom. The van der Waals surface area contributed by atoms with Gasteiger partial charge in [-0.25, -0.2) is 4.79 Å². The third-order valence-corrected chi connectivity index (χ3v) is 7.51. The van der Waals surface area contributed by atoms with Gasteiger partial charge in [0.25, 0.3) is 0 Å². The van der Waals surface area contributed by atoms with Crippen LogP contribution in [0.4, 0.5) is 0 Å². The van der Waals surface area contributed by atoms with Gasteiger partial charge in [0.05, 0.1) is 18.8 Å². The summed E-state index contributed by atoms with van der Waals surface area (Å²) < 4.78 is 27.9. The van der Waals surface area contributed by atoms with Gasteiger partial charge in [0, 0.05) is 6.08 Å². The van der Waals surface area contributed by atoms with E-state index in [-0.39, 0.29) is 12.4 Å². The van der Waals surface area contributed by atoms with Crippen LogP contribution in [-0.2, 0) is 28.5 Å². The van der Waals surface area contributed by atoms with Gasteiger partial charge in [-0.3, -0.25) is 0 Å². The van der Waals surface area contributed by atoms with Crippen LogP contribution in [0.25, 0.3) is 6.08 Å². The molecule has 0 amide bonds. The topological polar surface area (TPSA) is 205 Å². The summed E-state index contributed by atoms with van der Waals surface area (Å²) in [5, 5.41) is 72.1. The van der Waals surface area contributed by atoms with Gasteiger partial charge in [0.1, 0.15) is 55.1 Å². The SMILES string of the molecule is C=C(C)[C@@H](O)CC/C(C)=C/CO[C@@H]1O[C@H](COC(=O)/C=C/c2ccc(O)cc2)[C@@H](O)[C@H](O[C@@H]2O[C@@H](C)[C@H](O)[C@@H](O)[C@H]2O)[C@H]1O. The fourth-order valence-electron chi connectivity index (χ4n) is 4.58. The maximum Gasteiger partial charge on any atom is 0.330 e. The lowest BCUT2D eigenvalue weighted by atomic mass is 9.97. The lowest BCUT2D eigenvalue weighted by Crippen LogP contribution is -2.64. The highest BCUT2D eigenvalue weighted by Crippen LogP contribution is 2.30. The monoisotopic (exact) mass is 624 g/mol. The van der Waals surface area contributed by atoms with Crippen molar-refractivity contribution < 1.29 is 64.2 Å². The number of allylic oxidation sites excluding steroid dienone is 1. The molecule has 1 aromatic rings. The zero-order valence-corrected chi connectivity index (χ0v) is 25.0. The molecule has 2 saturated heterocycles. The number of aromatic hydroxyl groups is 1. The second-order valence-corrected chi connectivity index (χ2v) is 11.1. The van der Waals surface area contributed by atoms with Crippen LogP contribution in [0.15, 0.2) is 54.1 Å². The number of benzene rings is 1. The van der Waals surface area contributed by atoms with E-state index in [2.05, 4.69) is 6.58 Å². The molecule has 1 aromatic carbocycles. The van der Waals surface area contributed by atoms with Gasteiger partial charge in [0.15, 0.2) is 12.6 Å². The van der Waals surface area contributed by atoms with Crippen LogP contribution in [0.1, 0.15) is 39.2 Å². The number of carbonyl (C=O) groups excluding carboxylic acids is 1. The molecule has 0 saturated carbocycles. The second-order valence-electron chi connectivity index (χ2n) is 11.1. The van der Waals surface area contributed by atoms with E-state index in [0.29, 0.717) is 24.0 Å². The normalized spacial score (nSPS) is 33.7. The number of ether oxygens (including phenoxy) is 5. The number of aliphatic hydroxyl groups excluding tert-OH is 6. The van der Waals surface area contributed by atoms with E-state index < -0.39 is 80.1 Å². The lowest BCUT2D eigenvalue weighted by molar-refractivity contribution is -0.356. The van der Waals surface area contributed by atoms with Crippen LogP contribution >= 0.6 is 0 Å². The van der Waals surface area contributed by atoms with E-state index in [4.69, 9.17) is 23.7 Å². The van der Waals surface area contributed by atoms with Crippen molar-refractivity contribution in [2.24, 2.45) is 0 Å². The summed E-state index contributed by atoms with van der Waals surface area (Å²) in [6.45, 7) is 8.28. The third kappa shape index (κ3) is 9.91. The Labute approximate surface area is 256 Å². The Bertz CT molecular complexity index is 1140. The second kappa shape index (κ2) is 16.6. The van der Waals surface area contributed by atoms with E-state index in [1.54, 1.807) is 25.1 Å². The summed E-state index contributed by atoms with van der Waals surface area (Å²) in [6.07, 6.45) is -9.75. The van der Waals surface area contributed by atoms with E-state index in [1.807, 2.05) is 6.92 Å². The van der Waals surface area contributed by atoms with E-state index in [1.165, 1.54) is 25.1 Å². The molecule has 44 heavy (non-hydrogen) atoms. The van der Waals surface area contributed by atoms with Crippen LogP contribution in [-0.4, -0.2) is 122 Å². The van der Waals surface area contributed by atoms with Gasteiger partial charge in [-0.2, -0.15) is 0 Å². The molecule has 13 heteroatoms. The van der Waals surface area contributed by atoms with Crippen LogP contribution in [0.5, 0.6) is 5.75 Å². The quantitative estimate of drug-likeness (QED) is 0.0897. The molecule has 13 nitrogen and oxygen atoms in total. The van der Waals surface area contributed by atoms with Gasteiger partial charge in [0.2, 0.25) is 0 Å². The molecule has 3 rings (SSSR count). The number of hydrogen-bond donors (Lipinski definition) is 7. The molecular weight excluding hydrogens is 580 g/mol. The molecule has 11 atom stereocenters. The first kappa shape index (κ1) is 35.8. The molecule has 2 aliphatic rings. The highest BCUT2D eigenvalue weighted by Gasteiger charge is 2.50. The Balaban J connectivity index is 1.69. The molecular formula is C31H44O13. The predicted octanol–water partition coefficient (Wildman–Crippen LogP) is 0.288. The first-order chi connectivity index (χ1) is 20.8. The zero-order valence-electron chi connectivity index (χ0n) is 25.0. The maximum atomic E-state index is 12.4. The molecule has 2 heterocycles. The smallest absolute Gasteiger partial charge is 0.330 e. The average Bonchev–Trinajstić information content (AvgIpc) is 2.99. The largest absolute Gasteiger partial charge is 0.508 e. The van der Waals surface area contributed by atoms with Gasteiger partial charge >= 0.3 is 5.97 Å². The fourth-order valence-corrected chi connectivity index (χ4v) is 4.58. The van der Waals surface area contributed by atoms with Crippen molar-refractivity contribution >= 4 is 12.0 Å². The molecule has 0 unspecified atom stereocenters. The summed E-state index contributed by atoms with van der Waals surface area (Å²) in [5.41, 5.74) is 2.18. The summed E-state index contributed by atoms with van der Waals surface area (Å²) in [5.74, 6) is -0.690. The molecule has 0 spiro atoms. The van der Waals surface area contributed by atoms with Crippen molar-refractivity contribution in [1.29, 1.82) is 0 Å². The minimum absolute atomic E-state index is 0.0219. The molecule has 246 valence electrons. The first-order valence-electron chi connectivity index (χ1n) is 14.4. The molecule has 0 aliphatic carbocycles. The minimum atomic E-state index is -1.70. The van der Waals surface area contributed by atoms with Crippen molar-refractivity contribution in [3.05, 3.63) is 59.7 Å². The van der Waals surface area contributed by atoms with Crippen LogP contribution in [0, 0.1) is 0 Å². The Hall–Kier alpha value is -2.69. The fraction of sp³-hybridized carbons (Fsp3) is 0.581. The third-order valence-electron chi connectivity index (χ3n) is 7.51. The average molecular weight is 625 g/mol. The molecule has 2 fully saturated rings. The molecule has 0 aromatic heterocycles. The summed E-state index contributed by atoms with van der Waals surface area (Å²) >= 11 is 0. The van der Waals surface area contributed by atoms with Crippen molar-refractivity contribution in [3.8, 4) is 5.75 Å². The zero-order chi connectivity index (χ0) is 32.6. The Morgan fingerprint density at radius 3 is 2.32 bits per heavy atom. The van der Waals surface area contributed by atoms with Crippen molar-refractivity contribution in [2.45, 2.75) is 101 Å². The number of carbonyl (C=O) groups is 1. The van der Waals surface area contributed by atoms with E-state index >= 15 is 0 Å². The lowest BCUT2D eigenvalue weighted by Gasteiger charge is -2.45. The number of rotatable bonds is 13. The van der Waals surface area contributed by atoms with Crippen LogP contribution < -0.4 is 0 Å². The summed E-state index contributed by atoms with van der Waals surface area (Å²) in [6, 6.07) is 6.10. The summed E-state index contributed by atoms with van der Waals surface area (Å²) in [4.78, 5) is 12.4. The highest BCUT2D eigenvalue weighted by molar-refractivity contribution is 5.87. The minimum Gasteiger partial charge on any atom is -0.508 e. The first-order valence-corrected chi connectivity index (χ1v) is 14.4. The number of esters is 1. The van der Waals surface area contributed by atoms with Gasteiger partial charge < -0.3 is 59.4 Å². The van der Waals surface area contributed by atoms with Crippen molar-refractivity contribution in [1.82, 2.24) is 0 Å². The van der Waals surface area contributed by atoms with E-state index in [0.717, 1.165) is 11.6 Å². The number of aliphatic hydroxyl groups is 6. The van der Waals surface area contributed by atoms with Gasteiger partial charge in [-0.1, -0.05) is 35.9 Å². The highest BCUT2D eigenvalue weighted by atomic mass is 16.7. The van der Waals surface area contributed by atoms with E-state index in [9.17, 15) is 40.5 Å². The molecule has 7 N–H and O–H groups in total. The van der Waals surface area contributed by atoms with Crippen molar-refractivity contribution in [3.63, 3.8) is 0 Å². The predicted molar refractivity (Wildman–Crippen MR) is 156 cm³/mol. The standard InChI is InChI=1S/C31H44O13/c1-16(2)21(33)11-5-17(3)13-14-40-30-28(39)29(44-31-27(38)26(37)24(35)18(4)42-31)25(36)22(43-30)15-41-23(34)12-8-19-6-9-20(32)10-7-19/h6-10,12-13,18,21-22,24-33,35-39H,1,5,11,14-15H2,2-4H3/b12-8+,17-13+/t18-,21-,22+,24-,25+,26+,27+,28+,29-,30+,31-/m0/s1. The number of hydrogen-bond acceptors (Lipinski definition) is 13. The van der Waals surface area contributed by atoms with Crippen LogP contribution in [0.2, 0.25) is 0 Å². The number of phenolic OH excluding ortho intramolecular Hbond substituents is 1. The van der Waals surface area contributed by atoms with Gasteiger partial charge in [-0.15, -0.1) is 0 Å².